The van der Waals surface area contributed by atoms with Crippen molar-refractivity contribution in [1.82, 2.24) is 20.4 Å². The van der Waals surface area contributed by atoms with Gasteiger partial charge >= 0.3 is 0 Å². The lowest BCUT2D eigenvalue weighted by molar-refractivity contribution is -0.125. The standard InChI is InChI=1S/C34H38N4O3/c1-38(20-21-39)32(40)11-6-18-35-19-22-41-30-15-12-27(13-16-30)34(28-14-17-31-29(23-28)24-36-37-31)33(26-9-5-10-26)25-7-3-2-4-8-25/h2-4,6-8,11-17,23-24,26,35,39H,5,9-10,18-22H2,1H3,(H,36,37). The quantitative estimate of drug-likeness (QED) is 0.119. The predicted octanol–water partition coefficient (Wildman–Crippen LogP) is 5.30. The maximum Gasteiger partial charge on any atom is 0.246 e. The normalized spacial score (nSPS) is 14.2. The number of allylic oxidation sites excluding steroid dienone is 1. The number of hydrogen-bond donors (Lipinski definition) is 3. The number of aliphatic hydroxyl groups excluding tert-OH is 1. The zero-order valence-electron chi connectivity index (χ0n) is 23.6. The first kappa shape index (κ1) is 28.3. The molecule has 0 unspecified atom stereocenters. The van der Waals surface area contributed by atoms with Crippen molar-refractivity contribution in [2.45, 2.75) is 19.3 Å². The summed E-state index contributed by atoms with van der Waals surface area (Å²) in [5.74, 6) is 1.23. The molecule has 7 nitrogen and oxygen atoms in total. The molecule has 1 heterocycles. The third-order valence-electron chi connectivity index (χ3n) is 7.62. The van der Waals surface area contributed by atoms with E-state index in [2.05, 4.69) is 76.2 Å². The molecule has 1 fully saturated rings. The molecule has 0 atom stereocenters. The van der Waals surface area contributed by atoms with Gasteiger partial charge in [-0.2, -0.15) is 5.10 Å². The Morgan fingerprint density at radius 3 is 2.59 bits per heavy atom. The van der Waals surface area contributed by atoms with E-state index in [1.54, 1.807) is 13.1 Å². The molecule has 0 saturated heterocycles. The summed E-state index contributed by atoms with van der Waals surface area (Å²) in [6, 6.07) is 25.7. The highest BCUT2D eigenvalue weighted by Crippen LogP contribution is 2.45. The van der Waals surface area contributed by atoms with Crippen LogP contribution in [0.2, 0.25) is 0 Å². The van der Waals surface area contributed by atoms with Crippen LogP contribution in [0, 0.1) is 5.92 Å². The van der Waals surface area contributed by atoms with Crippen LogP contribution in [-0.2, 0) is 4.79 Å². The summed E-state index contributed by atoms with van der Waals surface area (Å²) in [6.45, 7) is 2.03. The number of nitrogens with zero attached hydrogens (tertiary/aromatic N) is 2. The lowest BCUT2D eigenvalue weighted by Crippen LogP contribution is -2.28. The van der Waals surface area contributed by atoms with E-state index in [1.807, 2.05) is 18.3 Å². The van der Waals surface area contributed by atoms with Gasteiger partial charge in [-0.3, -0.25) is 9.89 Å². The summed E-state index contributed by atoms with van der Waals surface area (Å²) in [6.07, 6.45) is 8.87. The van der Waals surface area contributed by atoms with Crippen molar-refractivity contribution >= 4 is 28.0 Å². The Bertz CT molecular complexity index is 1490. The fraction of sp³-hybridized carbons (Fsp3) is 0.294. The van der Waals surface area contributed by atoms with Gasteiger partial charge in [0.05, 0.1) is 18.3 Å². The highest BCUT2D eigenvalue weighted by atomic mass is 16.5. The van der Waals surface area contributed by atoms with Gasteiger partial charge in [0.2, 0.25) is 5.91 Å². The molecule has 1 saturated carbocycles. The van der Waals surface area contributed by atoms with Crippen LogP contribution in [0.5, 0.6) is 5.75 Å². The van der Waals surface area contributed by atoms with E-state index in [1.165, 1.54) is 58.1 Å². The van der Waals surface area contributed by atoms with Gasteiger partial charge in [0.15, 0.2) is 0 Å². The topological polar surface area (TPSA) is 90.5 Å². The van der Waals surface area contributed by atoms with Gasteiger partial charge in [0, 0.05) is 38.1 Å². The number of amides is 1. The first-order valence-corrected chi connectivity index (χ1v) is 14.3. The lowest BCUT2D eigenvalue weighted by atomic mass is 9.73. The molecule has 3 N–H and O–H groups in total. The van der Waals surface area contributed by atoms with Crippen LogP contribution < -0.4 is 10.1 Å². The molecule has 0 spiro atoms. The molecule has 0 bridgehead atoms. The molecule has 1 amide bonds. The highest BCUT2D eigenvalue weighted by molar-refractivity contribution is 6.01. The van der Waals surface area contributed by atoms with Gasteiger partial charge in [-0.15, -0.1) is 0 Å². The molecule has 1 aliphatic carbocycles. The number of H-pyrrole nitrogens is 1. The van der Waals surface area contributed by atoms with Crippen LogP contribution >= 0.6 is 0 Å². The largest absolute Gasteiger partial charge is 0.492 e. The second kappa shape index (κ2) is 13.9. The smallest absolute Gasteiger partial charge is 0.246 e. The van der Waals surface area contributed by atoms with Crippen LogP contribution in [0.3, 0.4) is 0 Å². The molecule has 7 heteroatoms. The molecule has 4 aromatic rings. The fourth-order valence-electron chi connectivity index (χ4n) is 5.17. The van der Waals surface area contributed by atoms with E-state index in [9.17, 15) is 4.79 Å². The Morgan fingerprint density at radius 2 is 1.85 bits per heavy atom. The average molecular weight is 551 g/mol. The Kier molecular flexibility index (Phi) is 9.62. The molecule has 3 aromatic carbocycles. The first-order chi connectivity index (χ1) is 20.1. The highest BCUT2D eigenvalue weighted by Gasteiger charge is 2.27. The van der Waals surface area contributed by atoms with Crippen LogP contribution in [0.15, 0.2) is 91.1 Å². The number of hydrogen-bond acceptors (Lipinski definition) is 5. The van der Waals surface area contributed by atoms with Gasteiger partial charge in [-0.1, -0.05) is 61.0 Å². The van der Waals surface area contributed by atoms with E-state index < -0.39 is 0 Å². The van der Waals surface area contributed by atoms with E-state index in [-0.39, 0.29) is 12.5 Å². The summed E-state index contributed by atoms with van der Waals surface area (Å²) in [5.41, 5.74) is 7.35. The molecule has 0 radical (unpaired) electrons. The third kappa shape index (κ3) is 7.12. The molecule has 0 aliphatic heterocycles. The Labute approximate surface area is 241 Å². The zero-order valence-corrected chi connectivity index (χ0v) is 23.6. The summed E-state index contributed by atoms with van der Waals surface area (Å²) >= 11 is 0. The zero-order chi connectivity index (χ0) is 28.4. The maximum atomic E-state index is 11.9. The Balaban J connectivity index is 1.30. The monoisotopic (exact) mass is 550 g/mol. The molecule has 41 heavy (non-hydrogen) atoms. The van der Waals surface area contributed by atoms with Gasteiger partial charge < -0.3 is 20.1 Å². The fourth-order valence-corrected chi connectivity index (χ4v) is 5.17. The van der Waals surface area contributed by atoms with E-state index in [4.69, 9.17) is 9.84 Å². The number of likely N-dealkylation sites (N-methyl/N-ethyl adjacent to an activating group) is 1. The summed E-state index contributed by atoms with van der Waals surface area (Å²) in [5, 5.41) is 20.6. The third-order valence-corrected chi connectivity index (χ3v) is 7.62. The number of benzene rings is 3. The van der Waals surface area contributed by atoms with Crippen molar-refractivity contribution in [2.24, 2.45) is 5.92 Å². The second-order valence-corrected chi connectivity index (χ2v) is 10.4. The number of rotatable bonds is 13. The molecule has 1 aliphatic rings. The van der Waals surface area contributed by atoms with E-state index in [0.29, 0.717) is 32.2 Å². The average Bonchev–Trinajstić information content (AvgIpc) is 3.45. The minimum Gasteiger partial charge on any atom is -0.492 e. The van der Waals surface area contributed by atoms with Crippen molar-refractivity contribution in [1.29, 1.82) is 0 Å². The predicted molar refractivity (Wildman–Crippen MR) is 164 cm³/mol. The number of carbonyl (C=O) groups is 1. The van der Waals surface area contributed by atoms with Gasteiger partial charge in [0.25, 0.3) is 0 Å². The number of carbonyl (C=O) groups excluding carboxylic acids is 1. The van der Waals surface area contributed by atoms with Crippen molar-refractivity contribution in [3.05, 3.63) is 108 Å². The lowest BCUT2D eigenvalue weighted by Gasteiger charge is -2.31. The van der Waals surface area contributed by atoms with Crippen molar-refractivity contribution < 1.29 is 14.6 Å². The Morgan fingerprint density at radius 1 is 1.07 bits per heavy atom. The molecule has 1 aromatic heterocycles. The number of aromatic nitrogens is 2. The van der Waals surface area contributed by atoms with Gasteiger partial charge in [-0.05, 0) is 70.9 Å². The molecular weight excluding hydrogens is 512 g/mol. The number of fused-ring (bicyclic) bond motifs is 1. The van der Waals surface area contributed by atoms with Crippen LogP contribution in [0.25, 0.3) is 22.0 Å². The minimum atomic E-state index is -0.122. The SMILES string of the molecule is CN(CCO)C(=O)C=CCNCCOc1ccc(C(=C(c2ccccc2)C2CCC2)c2ccc3[nH]ncc3c2)cc1. The van der Waals surface area contributed by atoms with Crippen molar-refractivity contribution in [3.63, 3.8) is 0 Å². The van der Waals surface area contributed by atoms with Crippen LogP contribution in [0.1, 0.15) is 36.0 Å². The van der Waals surface area contributed by atoms with E-state index in [0.717, 1.165) is 16.7 Å². The first-order valence-electron chi connectivity index (χ1n) is 14.3. The van der Waals surface area contributed by atoms with Gasteiger partial charge in [0.1, 0.15) is 12.4 Å². The van der Waals surface area contributed by atoms with Crippen LogP contribution in [0.4, 0.5) is 0 Å². The number of aromatic amines is 1. The van der Waals surface area contributed by atoms with E-state index >= 15 is 0 Å². The molecule has 212 valence electrons. The number of nitrogens with one attached hydrogen (secondary N) is 2. The second-order valence-electron chi connectivity index (χ2n) is 10.4. The summed E-state index contributed by atoms with van der Waals surface area (Å²) in [7, 11) is 1.67. The molecular formula is C34H38N4O3. The number of ether oxygens (including phenoxy) is 1. The Hall–Kier alpha value is -4.20. The molecule has 5 rings (SSSR count). The minimum absolute atomic E-state index is 0.0417. The van der Waals surface area contributed by atoms with Crippen molar-refractivity contribution in [2.75, 3.05) is 39.9 Å². The van der Waals surface area contributed by atoms with Crippen LogP contribution in [-0.4, -0.2) is 66.0 Å². The maximum absolute atomic E-state index is 11.9. The summed E-state index contributed by atoms with van der Waals surface area (Å²) in [4.78, 5) is 13.3. The summed E-state index contributed by atoms with van der Waals surface area (Å²) < 4.78 is 6.00. The van der Waals surface area contributed by atoms with Crippen molar-refractivity contribution in [3.8, 4) is 5.75 Å². The number of aliphatic hydroxyl groups is 1. The van der Waals surface area contributed by atoms with Gasteiger partial charge in [-0.25, -0.2) is 0 Å².